The van der Waals surface area contributed by atoms with Gasteiger partial charge in [0.25, 0.3) is 0 Å². The third-order valence-corrected chi connectivity index (χ3v) is 3.30. The van der Waals surface area contributed by atoms with Crippen LogP contribution < -0.4 is 5.73 Å². The lowest BCUT2D eigenvalue weighted by atomic mass is 10.1. The fraction of sp³-hybridized carbons (Fsp3) is 0.812. The maximum absolute atomic E-state index is 11.8. The zero-order valence-corrected chi connectivity index (χ0v) is 13.5. The summed E-state index contributed by atoms with van der Waals surface area (Å²) in [7, 11) is 0. The molecular formula is C16H31N3O3. The Morgan fingerprint density at radius 2 is 1.64 bits per heavy atom. The number of unbranched alkanes of at least 4 members (excludes halogenated alkanes) is 8. The predicted molar refractivity (Wildman–Crippen MR) is 88.7 cm³/mol. The number of carbonyl (C=O) groups is 2. The molecule has 0 bridgehead atoms. The smallest absolute Gasteiger partial charge is 0.323 e. The van der Waals surface area contributed by atoms with Crippen molar-refractivity contribution in [3.63, 3.8) is 0 Å². The highest BCUT2D eigenvalue weighted by Gasteiger charge is 2.08. The number of carbonyl (C=O) groups excluding carboxylic acids is 1. The van der Waals surface area contributed by atoms with Crippen LogP contribution in [0.4, 0.5) is 0 Å². The minimum atomic E-state index is -2.76. The normalized spacial score (nSPS) is 14.0. The minimum Gasteiger partial charge on any atom is -0.480 e. The third kappa shape index (κ3) is 12.2. The highest BCUT2D eigenvalue weighted by Crippen LogP contribution is 2.10. The van der Waals surface area contributed by atoms with Gasteiger partial charge < -0.3 is 15.7 Å². The molecule has 1 amide bonds. The van der Waals surface area contributed by atoms with Crippen molar-refractivity contribution < 1.29 is 18.8 Å². The zero-order chi connectivity index (χ0) is 19.3. The first-order valence-electron chi connectivity index (χ1n) is 9.55. The average molecular weight is 316 g/mol. The Labute approximate surface area is 138 Å². The van der Waals surface area contributed by atoms with Crippen LogP contribution in [0.5, 0.6) is 0 Å². The zero-order valence-electron chi connectivity index (χ0n) is 16.5. The molecule has 6 nitrogen and oxygen atoms in total. The monoisotopic (exact) mass is 316 g/mol. The van der Waals surface area contributed by atoms with Crippen molar-refractivity contribution in [1.82, 2.24) is 4.90 Å². The highest BCUT2D eigenvalue weighted by molar-refractivity contribution is 5.93. The van der Waals surface area contributed by atoms with Crippen LogP contribution in [0.15, 0.2) is 4.99 Å². The number of aliphatic imine (C=N–C) groups is 1. The van der Waals surface area contributed by atoms with Crippen molar-refractivity contribution in [3.05, 3.63) is 0 Å². The molecule has 128 valence electrons. The molecule has 0 saturated heterocycles. The van der Waals surface area contributed by atoms with Crippen molar-refractivity contribution in [3.8, 4) is 0 Å². The molecule has 0 aliphatic heterocycles. The van der Waals surface area contributed by atoms with Gasteiger partial charge in [0, 0.05) is 17.5 Å². The number of hydrogen-bond acceptors (Lipinski definition) is 2. The lowest BCUT2D eigenvalue weighted by Crippen LogP contribution is -2.38. The summed E-state index contributed by atoms with van der Waals surface area (Å²) in [5, 5.41) is 8.73. The van der Waals surface area contributed by atoms with Crippen LogP contribution in [-0.4, -0.2) is 41.4 Å². The maximum atomic E-state index is 11.8. The number of guanidine groups is 1. The number of aliphatic carboxylic acids is 1. The van der Waals surface area contributed by atoms with Crippen LogP contribution in [0.2, 0.25) is 0 Å². The van der Waals surface area contributed by atoms with E-state index in [9.17, 15) is 9.59 Å². The Bertz CT molecular complexity index is 440. The van der Waals surface area contributed by atoms with Crippen molar-refractivity contribution in [2.45, 2.75) is 71.1 Å². The van der Waals surface area contributed by atoms with Gasteiger partial charge in [0.2, 0.25) is 5.91 Å². The second kappa shape index (κ2) is 13.1. The molecule has 0 atom stereocenters. The number of rotatable bonds is 12. The summed E-state index contributed by atoms with van der Waals surface area (Å²) < 4.78 is 21.8. The second-order valence-corrected chi connectivity index (χ2v) is 5.42. The van der Waals surface area contributed by atoms with Gasteiger partial charge in [-0.25, -0.2) is 0 Å². The minimum absolute atomic E-state index is 0.179. The SMILES string of the molecule is [2H]C([2H])([2H])N(CC(=O)O)C(N)=NC(=O)CCCCCCCCCCC. The fourth-order valence-electron chi connectivity index (χ4n) is 2.05. The largest absolute Gasteiger partial charge is 0.480 e. The second-order valence-electron chi connectivity index (χ2n) is 5.42. The lowest BCUT2D eigenvalue weighted by molar-refractivity contribution is -0.137. The van der Waals surface area contributed by atoms with Gasteiger partial charge >= 0.3 is 5.97 Å². The van der Waals surface area contributed by atoms with Crippen LogP contribution in [0.1, 0.15) is 75.2 Å². The summed E-state index contributed by atoms with van der Waals surface area (Å²) >= 11 is 0. The lowest BCUT2D eigenvalue weighted by Gasteiger charge is -2.14. The maximum Gasteiger partial charge on any atom is 0.323 e. The number of carboxylic acid groups (broad SMARTS) is 1. The topological polar surface area (TPSA) is 96.0 Å². The van der Waals surface area contributed by atoms with E-state index in [1.807, 2.05) is 0 Å². The predicted octanol–water partition coefficient (Wildman–Crippen LogP) is 2.77. The molecule has 0 heterocycles. The third-order valence-electron chi connectivity index (χ3n) is 3.30. The molecule has 0 aromatic heterocycles. The van der Waals surface area contributed by atoms with E-state index in [1.165, 1.54) is 32.1 Å². The summed E-state index contributed by atoms with van der Waals surface area (Å²) in [4.78, 5) is 26.4. The summed E-state index contributed by atoms with van der Waals surface area (Å²) in [6, 6.07) is 0. The van der Waals surface area contributed by atoms with E-state index in [2.05, 4.69) is 11.9 Å². The molecule has 0 aliphatic carbocycles. The number of nitrogens with two attached hydrogens (primary N) is 1. The summed E-state index contributed by atoms with van der Waals surface area (Å²) in [6.45, 7) is -1.41. The number of nitrogens with zero attached hydrogens (tertiary/aromatic N) is 2. The summed E-state index contributed by atoms with van der Waals surface area (Å²) in [6.07, 6.45) is 10.2. The molecule has 0 saturated carbocycles. The molecule has 0 aliphatic rings. The van der Waals surface area contributed by atoms with E-state index < -0.39 is 31.4 Å². The molecule has 0 spiro atoms. The molecule has 22 heavy (non-hydrogen) atoms. The fourth-order valence-corrected chi connectivity index (χ4v) is 2.05. The van der Waals surface area contributed by atoms with Crippen LogP contribution in [0.25, 0.3) is 0 Å². The van der Waals surface area contributed by atoms with Gasteiger partial charge in [-0.1, -0.05) is 58.3 Å². The number of hydrogen-bond donors (Lipinski definition) is 2. The molecule has 0 unspecified atom stereocenters. The summed E-state index contributed by atoms with van der Waals surface area (Å²) in [5.74, 6) is -2.47. The summed E-state index contributed by atoms with van der Waals surface area (Å²) in [5.41, 5.74) is 5.49. The first kappa shape index (κ1) is 15.3. The van der Waals surface area contributed by atoms with Gasteiger partial charge in [0.1, 0.15) is 6.54 Å². The Morgan fingerprint density at radius 3 is 2.14 bits per heavy atom. The molecular weight excluding hydrogens is 282 g/mol. The molecule has 0 rings (SSSR count). The van der Waals surface area contributed by atoms with E-state index in [-0.39, 0.29) is 6.42 Å². The molecule has 6 heteroatoms. The number of amides is 1. The number of carboxylic acids is 1. The first-order chi connectivity index (χ1) is 11.7. The molecule has 0 aromatic rings. The van der Waals surface area contributed by atoms with E-state index in [4.69, 9.17) is 15.0 Å². The van der Waals surface area contributed by atoms with Crippen molar-refractivity contribution in [2.24, 2.45) is 10.7 Å². The standard InChI is InChI=1S/C16H31N3O3/c1-3-4-5-6-7-8-9-10-11-12-14(20)18-16(17)19(2)13-15(21)22/h3-13H2,1-2H3,(H,21,22)(H2,17,18,20)/i2D3. The van der Waals surface area contributed by atoms with Crippen LogP contribution in [0.3, 0.4) is 0 Å². The quantitative estimate of drug-likeness (QED) is 0.328. The van der Waals surface area contributed by atoms with Gasteiger partial charge in [-0.05, 0) is 6.42 Å². The van der Waals surface area contributed by atoms with Crippen molar-refractivity contribution >= 4 is 17.8 Å². The van der Waals surface area contributed by atoms with Crippen molar-refractivity contribution in [2.75, 3.05) is 13.5 Å². The average Bonchev–Trinajstić information content (AvgIpc) is 2.49. The van der Waals surface area contributed by atoms with Gasteiger partial charge in [-0.3, -0.25) is 9.59 Å². The van der Waals surface area contributed by atoms with Crippen molar-refractivity contribution in [1.29, 1.82) is 0 Å². The molecule has 0 radical (unpaired) electrons. The highest BCUT2D eigenvalue weighted by atomic mass is 16.4. The van der Waals surface area contributed by atoms with Gasteiger partial charge in [-0.2, -0.15) is 4.99 Å². The Balaban J connectivity index is 4.12. The van der Waals surface area contributed by atoms with E-state index in [0.717, 1.165) is 19.3 Å². The van der Waals surface area contributed by atoms with Crippen LogP contribution in [0, 0.1) is 0 Å². The first-order valence-corrected chi connectivity index (χ1v) is 8.05. The van der Waals surface area contributed by atoms with Gasteiger partial charge in [0.05, 0.1) is 0 Å². The number of likely N-dealkylation sites (N-methyl/N-ethyl adjacent to an activating group) is 1. The van der Waals surface area contributed by atoms with Gasteiger partial charge in [0.15, 0.2) is 5.96 Å². The Morgan fingerprint density at radius 1 is 1.09 bits per heavy atom. The molecule has 0 aromatic carbocycles. The van der Waals surface area contributed by atoms with E-state index >= 15 is 0 Å². The van der Waals surface area contributed by atoms with Crippen LogP contribution >= 0.6 is 0 Å². The molecule has 3 N–H and O–H groups in total. The van der Waals surface area contributed by atoms with E-state index in [1.54, 1.807) is 0 Å². The van der Waals surface area contributed by atoms with Crippen LogP contribution in [-0.2, 0) is 9.59 Å². The Kier molecular flexibility index (Phi) is 9.12. The molecule has 0 fully saturated rings. The van der Waals surface area contributed by atoms with Gasteiger partial charge in [-0.15, -0.1) is 0 Å². The Hall–Kier alpha value is -1.59. The van der Waals surface area contributed by atoms with E-state index in [0.29, 0.717) is 11.3 Å².